The van der Waals surface area contributed by atoms with Crippen molar-refractivity contribution < 1.29 is 14.3 Å². The van der Waals surface area contributed by atoms with Crippen molar-refractivity contribution in [1.82, 2.24) is 5.32 Å². The Labute approximate surface area is 147 Å². The first-order valence-corrected chi connectivity index (χ1v) is 8.38. The average Bonchev–Trinajstić information content (AvgIpc) is 2.82. The molecule has 1 unspecified atom stereocenters. The van der Waals surface area contributed by atoms with Gasteiger partial charge in [-0.25, -0.2) is 0 Å². The molecule has 0 bridgehead atoms. The number of benzene rings is 2. The number of hydrogen-bond acceptors (Lipinski definition) is 3. The molecular weight excluding hydrogens is 316 g/mol. The van der Waals surface area contributed by atoms with Gasteiger partial charge in [-0.15, -0.1) is 0 Å². The van der Waals surface area contributed by atoms with Crippen molar-refractivity contribution in [3.8, 4) is 5.75 Å². The molecule has 25 heavy (non-hydrogen) atoms. The van der Waals surface area contributed by atoms with E-state index in [0.29, 0.717) is 6.54 Å². The van der Waals surface area contributed by atoms with Crippen molar-refractivity contribution in [2.45, 2.75) is 39.5 Å². The molecule has 0 aromatic heterocycles. The summed E-state index contributed by atoms with van der Waals surface area (Å²) in [5, 5.41) is 2.74. The third-order valence-corrected chi connectivity index (χ3v) is 4.03. The lowest BCUT2D eigenvalue weighted by molar-refractivity contribution is -0.126. The second-order valence-electron chi connectivity index (χ2n) is 6.43. The van der Waals surface area contributed by atoms with E-state index >= 15 is 0 Å². The molecule has 0 spiro atoms. The number of fused-ring (bicyclic) bond motifs is 1. The van der Waals surface area contributed by atoms with Crippen LogP contribution in [0.15, 0.2) is 48.5 Å². The molecule has 1 heterocycles. The number of para-hydroxylation sites is 1. The van der Waals surface area contributed by atoms with Crippen LogP contribution < -0.4 is 15.0 Å². The molecule has 0 saturated heterocycles. The fraction of sp³-hybridized carbons (Fsp3) is 0.300. The summed E-state index contributed by atoms with van der Waals surface area (Å²) in [5.41, 5.74) is 2.68. The number of hydrogen-bond donors (Lipinski definition) is 1. The molecule has 1 atom stereocenters. The fourth-order valence-corrected chi connectivity index (χ4v) is 3.02. The Morgan fingerprint density at radius 1 is 1.16 bits per heavy atom. The van der Waals surface area contributed by atoms with E-state index in [-0.39, 0.29) is 17.9 Å². The standard InChI is InChI=1S/C20H22N2O3/c1-13(2)25-16-10-8-15(9-11-16)12-22-18-7-5-4-6-17(18)19(20(22)24)21-14(3)23/h4-11,13,19H,12H2,1-3H3,(H,21,23). The van der Waals surface area contributed by atoms with Gasteiger partial charge >= 0.3 is 0 Å². The summed E-state index contributed by atoms with van der Waals surface area (Å²) in [6.45, 7) is 5.84. The van der Waals surface area contributed by atoms with Crippen molar-refractivity contribution in [2.75, 3.05) is 4.90 Å². The second-order valence-corrected chi connectivity index (χ2v) is 6.43. The zero-order valence-electron chi connectivity index (χ0n) is 14.7. The van der Waals surface area contributed by atoms with Gasteiger partial charge in [0.05, 0.1) is 12.6 Å². The van der Waals surface area contributed by atoms with Crippen LogP contribution in [0.3, 0.4) is 0 Å². The Morgan fingerprint density at radius 2 is 1.84 bits per heavy atom. The maximum atomic E-state index is 12.8. The van der Waals surface area contributed by atoms with Gasteiger partial charge in [0.25, 0.3) is 5.91 Å². The van der Waals surface area contributed by atoms with Crippen LogP contribution in [0.2, 0.25) is 0 Å². The second kappa shape index (κ2) is 6.97. The Morgan fingerprint density at radius 3 is 2.48 bits per heavy atom. The molecule has 130 valence electrons. The molecular formula is C20H22N2O3. The van der Waals surface area contributed by atoms with Crippen LogP contribution in [-0.2, 0) is 16.1 Å². The van der Waals surface area contributed by atoms with Crippen molar-refractivity contribution in [1.29, 1.82) is 0 Å². The highest BCUT2D eigenvalue weighted by molar-refractivity contribution is 6.06. The first-order valence-electron chi connectivity index (χ1n) is 8.38. The number of nitrogens with zero attached hydrogens (tertiary/aromatic N) is 1. The highest BCUT2D eigenvalue weighted by Crippen LogP contribution is 2.36. The number of nitrogens with one attached hydrogen (secondary N) is 1. The maximum Gasteiger partial charge on any atom is 0.254 e. The van der Waals surface area contributed by atoms with E-state index in [4.69, 9.17) is 4.74 Å². The zero-order chi connectivity index (χ0) is 18.0. The van der Waals surface area contributed by atoms with Crippen molar-refractivity contribution in [3.63, 3.8) is 0 Å². The Kier molecular flexibility index (Phi) is 4.74. The van der Waals surface area contributed by atoms with Gasteiger partial charge in [-0.1, -0.05) is 30.3 Å². The smallest absolute Gasteiger partial charge is 0.254 e. The van der Waals surface area contributed by atoms with E-state index in [9.17, 15) is 9.59 Å². The topological polar surface area (TPSA) is 58.6 Å². The highest BCUT2D eigenvalue weighted by Gasteiger charge is 2.37. The van der Waals surface area contributed by atoms with Gasteiger partial charge < -0.3 is 15.0 Å². The molecule has 0 saturated carbocycles. The van der Waals surface area contributed by atoms with Crippen LogP contribution in [0.5, 0.6) is 5.75 Å². The number of amides is 2. The van der Waals surface area contributed by atoms with Gasteiger partial charge in [-0.2, -0.15) is 0 Å². The monoisotopic (exact) mass is 338 g/mol. The predicted molar refractivity (Wildman–Crippen MR) is 96.4 cm³/mol. The minimum Gasteiger partial charge on any atom is -0.491 e. The lowest BCUT2D eigenvalue weighted by Crippen LogP contribution is -2.36. The summed E-state index contributed by atoms with van der Waals surface area (Å²) in [6.07, 6.45) is 0.122. The summed E-state index contributed by atoms with van der Waals surface area (Å²) in [6, 6.07) is 14.7. The summed E-state index contributed by atoms with van der Waals surface area (Å²) in [7, 11) is 0. The first kappa shape index (κ1) is 17.0. The van der Waals surface area contributed by atoms with Gasteiger partial charge in [-0.05, 0) is 37.6 Å². The summed E-state index contributed by atoms with van der Waals surface area (Å²) in [4.78, 5) is 26.0. The molecule has 5 nitrogen and oxygen atoms in total. The van der Waals surface area contributed by atoms with Gasteiger partial charge in [0.15, 0.2) is 0 Å². The highest BCUT2D eigenvalue weighted by atomic mass is 16.5. The Hall–Kier alpha value is -2.82. The molecule has 1 aliphatic rings. The maximum absolute atomic E-state index is 12.8. The van der Waals surface area contributed by atoms with E-state index in [1.807, 2.05) is 62.4 Å². The SMILES string of the molecule is CC(=O)NC1C(=O)N(Cc2ccc(OC(C)C)cc2)c2ccccc21. The van der Waals surface area contributed by atoms with Gasteiger partial charge in [-0.3, -0.25) is 9.59 Å². The van der Waals surface area contributed by atoms with Crippen molar-refractivity contribution in [2.24, 2.45) is 0 Å². The van der Waals surface area contributed by atoms with E-state index in [2.05, 4.69) is 5.32 Å². The van der Waals surface area contributed by atoms with Crippen LogP contribution in [0.4, 0.5) is 5.69 Å². The number of anilines is 1. The minimum atomic E-state index is -0.614. The number of rotatable bonds is 5. The van der Waals surface area contributed by atoms with Crippen LogP contribution in [-0.4, -0.2) is 17.9 Å². The molecule has 2 aromatic carbocycles. The Bertz CT molecular complexity index is 784. The molecule has 0 radical (unpaired) electrons. The summed E-state index contributed by atoms with van der Waals surface area (Å²) in [5.74, 6) is 0.479. The third-order valence-electron chi connectivity index (χ3n) is 4.03. The molecule has 3 rings (SSSR count). The van der Waals surface area contributed by atoms with E-state index in [0.717, 1.165) is 22.6 Å². The molecule has 5 heteroatoms. The summed E-state index contributed by atoms with van der Waals surface area (Å²) >= 11 is 0. The zero-order valence-corrected chi connectivity index (χ0v) is 14.7. The van der Waals surface area contributed by atoms with Crippen LogP contribution in [0.1, 0.15) is 37.9 Å². The number of carbonyl (C=O) groups excluding carboxylic acids is 2. The normalized spacial score (nSPS) is 16.1. The van der Waals surface area contributed by atoms with Crippen molar-refractivity contribution in [3.05, 3.63) is 59.7 Å². The van der Waals surface area contributed by atoms with E-state index in [1.165, 1.54) is 6.92 Å². The minimum absolute atomic E-state index is 0.112. The largest absolute Gasteiger partial charge is 0.491 e. The lowest BCUT2D eigenvalue weighted by Gasteiger charge is -2.18. The Balaban J connectivity index is 1.82. The van der Waals surface area contributed by atoms with Gasteiger partial charge in [0, 0.05) is 18.2 Å². The van der Waals surface area contributed by atoms with Crippen LogP contribution >= 0.6 is 0 Å². The number of ether oxygens (including phenoxy) is 1. The summed E-state index contributed by atoms with van der Waals surface area (Å²) < 4.78 is 5.65. The van der Waals surface area contributed by atoms with E-state index < -0.39 is 6.04 Å². The van der Waals surface area contributed by atoms with Crippen molar-refractivity contribution >= 4 is 17.5 Å². The molecule has 0 aliphatic carbocycles. The van der Waals surface area contributed by atoms with E-state index in [1.54, 1.807) is 4.90 Å². The van der Waals surface area contributed by atoms with Crippen LogP contribution in [0, 0.1) is 0 Å². The van der Waals surface area contributed by atoms with Crippen LogP contribution in [0.25, 0.3) is 0 Å². The van der Waals surface area contributed by atoms with Gasteiger partial charge in [0.1, 0.15) is 11.8 Å². The fourth-order valence-electron chi connectivity index (χ4n) is 3.02. The molecule has 0 fully saturated rings. The molecule has 1 aliphatic heterocycles. The number of carbonyl (C=O) groups is 2. The lowest BCUT2D eigenvalue weighted by atomic mass is 10.1. The van der Waals surface area contributed by atoms with Gasteiger partial charge in [0.2, 0.25) is 5.91 Å². The first-order chi connectivity index (χ1) is 12.0. The molecule has 2 aromatic rings. The average molecular weight is 338 g/mol. The third kappa shape index (κ3) is 3.65. The molecule has 1 N–H and O–H groups in total. The molecule has 2 amide bonds. The predicted octanol–water partition coefficient (Wildman–Crippen LogP) is 3.20. The quantitative estimate of drug-likeness (QED) is 0.911.